The molecule has 44 valence electrons. The van der Waals surface area contributed by atoms with Crippen LogP contribution in [0.5, 0.6) is 0 Å². The summed E-state index contributed by atoms with van der Waals surface area (Å²) in [5.74, 6) is 0. The third kappa shape index (κ3) is 1.51. The van der Waals surface area contributed by atoms with E-state index in [0.717, 1.165) is 11.1 Å². The second-order valence-corrected chi connectivity index (χ2v) is 2.34. The van der Waals surface area contributed by atoms with Gasteiger partial charge in [0.2, 0.25) is 0 Å². The summed E-state index contributed by atoms with van der Waals surface area (Å²) in [5, 5.41) is 0. The van der Waals surface area contributed by atoms with Crippen molar-refractivity contribution in [3.05, 3.63) is 24.4 Å². The first-order valence-electron chi connectivity index (χ1n) is 2.57. The summed E-state index contributed by atoms with van der Waals surface area (Å²) in [6.45, 7) is 1.07. The second-order valence-electron chi connectivity index (χ2n) is 1.66. The lowest BCUT2D eigenvalue weighted by Gasteiger charge is -2.15. The van der Waals surface area contributed by atoms with Gasteiger partial charge < -0.3 is 4.90 Å². The van der Waals surface area contributed by atoms with Crippen molar-refractivity contribution in [2.45, 2.75) is 0 Å². The van der Waals surface area contributed by atoms with E-state index < -0.39 is 0 Å². The average Bonchev–Trinajstić information content (AvgIpc) is 1.90. The standard InChI is InChI=1S/C6H8IN/c7-6-8-4-2-1-3-5-8/h1-4H,5-6H2. The third-order valence-electron chi connectivity index (χ3n) is 1.04. The Bertz CT molecular complexity index is 118. The van der Waals surface area contributed by atoms with E-state index >= 15 is 0 Å². The fraction of sp³-hybridized carbons (Fsp3) is 0.333. The van der Waals surface area contributed by atoms with Gasteiger partial charge in [0.15, 0.2) is 0 Å². The van der Waals surface area contributed by atoms with E-state index in [1.807, 2.05) is 0 Å². The summed E-state index contributed by atoms with van der Waals surface area (Å²) in [6, 6.07) is 0. The maximum atomic E-state index is 2.35. The van der Waals surface area contributed by atoms with Crippen molar-refractivity contribution in [3.8, 4) is 0 Å². The van der Waals surface area contributed by atoms with Crippen LogP contribution >= 0.6 is 22.6 Å². The van der Waals surface area contributed by atoms with Crippen LogP contribution in [0.1, 0.15) is 0 Å². The quantitative estimate of drug-likeness (QED) is 0.370. The topological polar surface area (TPSA) is 3.24 Å². The lowest BCUT2D eigenvalue weighted by molar-refractivity contribution is 0.496. The van der Waals surface area contributed by atoms with Gasteiger partial charge in [-0.25, -0.2) is 0 Å². The van der Waals surface area contributed by atoms with Crippen molar-refractivity contribution in [1.29, 1.82) is 0 Å². The zero-order valence-electron chi connectivity index (χ0n) is 4.55. The van der Waals surface area contributed by atoms with E-state index in [1.165, 1.54) is 0 Å². The smallest absolute Gasteiger partial charge is 0.0697 e. The minimum Gasteiger partial charge on any atom is -0.365 e. The number of halogens is 1. The lowest BCUT2D eigenvalue weighted by atomic mass is 10.4. The van der Waals surface area contributed by atoms with Crippen LogP contribution in [0.3, 0.4) is 0 Å². The average molecular weight is 221 g/mol. The molecule has 0 radical (unpaired) electrons. The zero-order chi connectivity index (χ0) is 5.82. The van der Waals surface area contributed by atoms with Crippen molar-refractivity contribution in [3.63, 3.8) is 0 Å². The molecule has 0 saturated carbocycles. The molecule has 1 aliphatic rings. The van der Waals surface area contributed by atoms with Gasteiger partial charge in [0.25, 0.3) is 0 Å². The summed E-state index contributed by atoms with van der Waals surface area (Å²) < 4.78 is 1.08. The number of hydrogen-bond donors (Lipinski definition) is 0. The van der Waals surface area contributed by atoms with Gasteiger partial charge in [0, 0.05) is 12.7 Å². The van der Waals surface area contributed by atoms with Gasteiger partial charge in [0.05, 0.1) is 4.55 Å². The third-order valence-corrected chi connectivity index (χ3v) is 1.91. The number of allylic oxidation sites excluding steroid dienone is 2. The van der Waals surface area contributed by atoms with E-state index in [0.29, 0.717) is 0 Å². The van der Waals surface area contributed by atoms with Crippen LogP contribution in [0.15, 0.2) is 24.4 Å². The summed E-state index contributed by atoms with van der Waals surface area (Å²) in [4.78, 5) is 2.24. The monoisotopic (exact) mass is 221 g/mol. The molecular formula is C6H8IN. The molecule has 0 atom stereocenters. The molecule has 1 rings (SSSR count). The molecule has 0 aromatic carbocycles. The van der Waals surface area contributed by atoms with Gasteiger partial charge in [-0.3, -0.25) is 0 Å². The van der Waals surface area contributed by atoms with Crippen molar-refractivity contribution >= 4 is 22.6 Å². The molecule has 2 heteroatoms. The highest BCUT2D eigenvalue weighted by atomic mass is 127. The van der Waals surface area contributed by atoms with Gasteiger partial charge in [0.1, 0.15) is 0 Å². The normalized spacial score (nSPS) is 17.4. The Kier molecular flexibility index (Phi) is 2.39. The number of nitrogens with zero attached hydrogens (tertiary/aromatic N) is 1. The van der Waals surface area contributed by atoms with E-state index in [9.17, 15) is 0 Å². The van der Waals surface area contributed by atoms with Crippen molar-refractivity contribution < 1.29 is 0 Å². The number of rotatable bonds is 1. The van der Waals surface area contributed by atoms with Crippen LogP contribution in [0.25, 0.3) is 0 Å². The van der Waals surface area contributed by atoms with Gasteiger partial charge in [-0.1, -0.05) is 34.7 Å². The van der Waals surface area contributed by atoms with E-state index in [-0.39, 0.29) is 0 Å². The molecule has 0 aromatic heterocycles. The summed E-state index contributed by atoms with van der Waals surface area (Å²) >= 11 is 2.35. The lowest BCUT2D eigenvalue weighted by Crippen LogP contribution is -2.15. The molecule has 0 saturated heterocycles. The van der Waals surface area contributed by atoms with E-state index in [1.54, 1.807) is 0 Å². The first-order valence-corrected chi connectivity index (χ1v) is 4.09. The Morgan fingerprint density at radius 1 is 1.50 bits per heavy atom. The molecule has 1 aliphatic heterocycles. The van der Waals surface area contributed by atoms with E-state index in [4.69, 9.17) is 0 Å². The van der Waals surface area contributed by atoms with Gasteiger partial charge in [-0.05, 0) is 6.08 Å². The first-order chi connectivity index (χ1) is 3.93. The largest absolute Gasteiger partial charge is 0.365 e. The molecule has 0 spiro atoms. The molecule has 0 fully saturated rings. The Labute approximate surface area is 63.2 Å². The van der Waals surface area contributed by atoms with Crippen molar-refractivity contribution in [1.82, 2.24) is 4.90 Å². The molecule has 1 heterocycles. The summed E-state index contributed by atoms with van der Waals surface area (Å²) in [5.41, 5.74) is 0. The van der Waals surface area contributed by atoms with Crippen LogP contribution in [-0.2, 0) is 0 Å². The van der Waals surface area contributed by atoms with Crippen LogP contribution in [-0.4, -0.2) is 16.0 Å². The highest BCUT2D eigenvalue weighted by Gasteiger charge is 1.92. The molecule has 0 aliphatic carbocycles. The van der Waals surface area contributed by atoms with E-state index in [2.05, 4.69) is 51.9 Å². The van der Waals surface area contributed by atoms with Crippen LogP contribution in [0, 0.1) is 0 Å². The second kappa shape index (κ2) is 3.12. The molecule has 0 amide bonds. The predicted molar refractivity (Wildman–Crippen MR) is 43.9 cm³/mol. The van der Waals surface area contributed by atoms with Crippen molar-refractivity contribution in [2.24, 2.45) is 0 Å². The minimum atomic E-state index is 1.07. The zero-order valence-corrected chi connectivity index (χ0v) is 6.71. The molecule has 8 heavy (non-hydrogen) atoms. The fourth-order valence-electron chi connectivity index (χ4n) is 0.596. The molecule has 0 aromatic rings. The van der Waals surface area contributed by atoms with Gasteiger partial charge >= 0.3 is 0 Å². The highest BCUT2D eigenvalue weighted by Crippen LogP contribution is 1.99. The number of alkyl halides is 1. The molecule has 0 unspecified atom stereocenters. The van der Waals surface area contributed by atoms with Gasteiger partial charge in [-0.2, -0.15) is 0 Å². The fourth-order valence-corrected chi connectivity index (χ4v) is 1.10. The number of hydrogen-bond acceptors (Lipinski definition) is 1. The Balaban J connectivity index is 2.40. The summed E-state index contributed by atoms with van der Waals surface area (Å²) in [6.07, 6.45) is 8.38. The Morgan fingerprint density at radius 2 is 2.38 bits per heavy atom. The minimum absolute atomic E-state index is 1.07. The maximum absolute atomic E-state index is 2.35. The van der Waals surface area contributed by atoms with Crippen LogP contribution in [0.2, 0.25) is 0 Å². The molecule has 1 nitrogen and oxygen atoms in total. The maximum Gasteiger partial charge on any atom is 0.0697 e. The van der Waals surface area contributed by atoms with Gasteiger partial charge in [-0.15, -0.1) is 0 Å². The van der Waals surface area contributed by atoms with Crippen molar-refractivity contribution in [2.75, 3.05) is 11.1 Å². The summed E-state index contributed by atoms with van der Waals surface area (Å²) in [7, 11) is 0. The predicted octanol–water partition coefficient (Wildman–Crippen LogP) is 1.76. The first kappa shape index (κ1) is 6.13. The highest BCUT2D eigenvalue weighted by molar-refractivity contribution is 14.1. The SMILES string of the molecule is ICN1C=CC=CC1. The Hall–Kier alpha value is 0.0100. The molecule has 0 bridgehead atoms. The molecule has 0 N–H and O–H groups in total. The van der Waals surface area contributed by atoms with Crippen LogP contribution in [0.4, 0.5) is 0 Å². The molecular weight excluding hydrogens is 213 g/mol. The van der Waals surface area contributed by atoms with Crippen LogP contribution < -0.4 is 0 Å². The Morgan fingerprint density at radius 3 is 2.75 bits per heavy atom.